The molecule has 0 aliphatic rings. The first-order chi connectivity index (χ1) is 15.8. The number of halogens is 7. The van der Waals surface area contributed by atoms with Gasteiger partial charge in [-0.2, -0.15) is 18.3 Å². The van der Waals surface area contributed by atoms with Gasteiger partial charge < -0.3 is 16.2 Å². The van der Waals surface area contributed by atoms with E-state index in [1.807, 2.05) is 0 Å². The van der Waals surface area contributed by atoms with Gasteiger partial charge in [-0.25, -0.2) is 32.3 Å². The van der Waals surface area contributed by atoms with Crippen LogP contribution in [0, 0.1) is 11.6 Å². The number of carboxylic acid groups (broad SMARTS) is 1. The van der Waals surface area contributed by atoms with Crippen LogP contribution in [0.2, 0.25) is 0 Å². The molecule has 182 valence electrons. The number of hydrogen-bond donors (Lipinski definition) is 4. The molecule has 0 unspecified atom stereocenters. The van der Waals surface area contributed by atoms with Crippen LogP contribution in [0.3, 0.4) is 0 Å². The Morgan fingerprint density at radius 1 is 1.18 bits per heavy atom. The van der Waals surface area contributed by atoms with Crippen LogP contribution in [0.25, 0.3) is 11.3 Å². The summed E-state index contributed by atoms with van der Waals surface area (Å²) in [5.74, 6) is -5.54. The summed E-state index contributed by atoms with van der Waals surface area (Å²) in [6, 6.07) is 4.48. The van der Waals surface area contributed by atoms with E-state index >= 15 is 0 Å². The minimum absolute atomic E-state index is 0.0373. The molecule has 0 aliphatic carbocycles. The van der Waals surface area contributed by atoms with Crippen molar-refractivity contribution in [3.8, 4) is 11.3 Å². The number of carbonyl (C=O) groups excluding carboxylic acids is 1. The van der Waals surface area contributed by atoms with Gasteiger partial charge in [0.05, 0.1) is 23.4 Å². The number of hydrogen-bond acceptors (Lipinski definition) is 6. The fourth-order valence-corrected chi connectivity index (χ4v) is 2.33. The van der Waals surface area contributed by atoms with Gasteiger partial charge in [0.1, 0.15) is 23.2 Å². The quantitative estimate of drug-likeness (QED) is 0.398. The summed E-state index contributed by atoms with van der Waals surface area (Å²) in [5.41, 5.74) is 3.65. The van der Waals surface area contributed by atoms with Gasteiger partial charge in [0, 0.05) is 12.3 Å². The van der Waals surface area contributed by atoms with Crippen molar-refractivity contribution in [2.24, 2.45) is 5.73 Å². The molecule has 1 amide bonds. The van der Waals surface area contributed by atoms with Crippen molar-refractivity contribution in [3.63, 3.8) is 0 Å². The lowest BCUT2D eigenvalue weighted by molar-refractivity contribution is -0.192. The number of nitrogens with one attached hydrogen (secondary N) is 2. The molecular formula is C18H13F7N6O3. The average molecular weight is 494 g/mol. The van der Waals surface area contributed by atoms with Gasteiger partial charge in [-0.15, -0.1) is 0 Å². The summed E-state index contributed by atoms with van der Waals surface area (Å²) in [4.78, 5) is 28.4. The molecule has 0 fully saturated rings. The Balaban J connectivity index is 0.000000509. The highest BCUT2D eigenvalue weighted by molar-refractivity contribution is 6.04. The number of carboxylic acids is 1. The van der Waals surface area contributed by atoms with E-state index in [1.165, 1.54) is 6.07 Å². The number of rotatable bonds is 5. The molecule has 0 bridgehead atoms. The molecule has 0 atom stereocenters. The molecule has 0 radical (unpaired) electrons. The van der Waals surface area contributed by atoms with Crippen LogP contribution in [0.15, 0.2) is 30.5 Å². The molecule has 2 aromatic heterocycles. The van der Waals surface area contributed by atoms with Crippen molar-refractivity contribution in [3.05, 3.63) is 59.2 Å². The molecule has 2 heterocycles. The minimum atomic E-state index is -5.08. The van der Waals surface area contributed by atoms with Crippen molar-refractivity contribution in [2.75, 3.05) is 5.32 Å². The molecule has 0 saturated carbocycles. The number of alkyl halides is 5. The zero-order valence-corrected chi connectivity index (χ0v) is 16.5. The third kappa shape index (κ3) is 6.47. The van der Waals surface area contributed by atoms with Gasteiger partial charge >= 0.3 is 12.1 Å². The lowest BCUT2D eigenvalue weighted by atomic mass is 10.1. The second-order valence-corrected chi connectivity index (χ2v) is 6.11. The molecule has 0 saturated heterocycles. The van der Waals surface area contributed by atoms with Gasteiger partial charge in [-0.3, -0.25) is 9.89 Å². The highest BCUT2D eigenvalue weighted by Gasteiger charge is 2.38. The Morgan fingerprint density at radius 2 is 1.76 bits per heavy atom. The molecule has 34 heavy (non-hydrogen) atoms. The number of nitrogens with two attached hydrogens (primary N) is 1. The number of aromatic amines is 1. The summed E-state index contributed by atoms with van der Waals surface area (Å²) in [6.45, 7) is -0.168. The molecule has 0 aliphatic heterocycles. The maximum Gasteiger partial charge on any atom is 0.490 e. The first-order valence-corrected chi connectivity index (χ1v) is 8.80. The summed E-state index contributed by atoms with van der Waals surface area (Å²) >= 11 is 0. The normalized spacial score (nSPS) is 11.1. The molecular weight excluding hydrogens is 481 g/mol. The monoisotopic (exact) mass is 494 g/mol. The Morgan fingerprint density at radius 3 is 2.26 bits per heavy atom. The Bertz CT molecular complexity index is 1160. The number of nitrogens with zero attached hydrogens (tertiary/aromatic N) is 3. The standard InChI is InChI=1S/C16H12F4N6O.C2HF3O2/c17-8-2-1-3-9(18)13(8)10-4-11(26-25-10)24-16(27)7-6-22-12(5-21)23-14(7)15(19)20;3-2(4,5)1(6)7/h1-4,6,15H,5,21H2,(H2,24,25,26,27);(H,6,7). The van der Waals surface area contributed by atoms with Crippen LogP contribution in [0.4, 0.5) is 36.6 Å². The number of carbonyl (C=O) groups is 2. The summed E-state index contributed by atoms with van der Waals surface area (Å²) < 4.78 is 85.6. The predicted octanol–water partition coefficient (Wildman–Crippen LogP) is 3.43. The van der Waals surface area contributed by atoms with Crippen LogP contribution in [0.1, 0.15) is 28.3 Å². The molecule has 9 nitrogen and oxygen atoms in total. The number of aliphatic carboxylic acids is 1. The van der Waals surface area contributed by atoms with Gasteiger partial charge in [-0.05, 0) is 12.1 Å². The zero-order valence-electron chi connectivity index (χ0n) is 16.5. The van der Waals surface area contributed by atoms with Gasteiger partial charge in [0.15, 0.2) is 5.82 Å². The van der Waals surface area contributed by atoms with Gasteiger partial charge in [-0.1, -0.05) is 6.07 Å². The van der Waals surface area contributed by atoms with Crippen LogP contribution in [0.5, 0.6) is 0 Å². The van der Waals surface area contributed by atoms with Crippen molar-refractivity contribution < 1.29 is 45.4 Å². The van der Waals surface area contributed by atoms with E-state index in [0.717, 1.165) is 24.4 Å². The number of H-pyrrole nitrogens is 1. The topological polar surface area (TPSA) is 147 Å². The smallest absolute Gasteiger partial charge is 0.475 e. The molecule has 1 aromatic carbocycles. The first kappa shape index (κ1) is 26.2. The van der Waals surface area contributed by atoms with Crippen LogP contribution >= 0.6 is 0 Å². The van der Waals surface area contributed by atoms with E-state index in [4.69, 9.17) is 15.6 Å². The second kappa shape index (κ2) is 10.7. The number of aromatic nitrogens is 4. The lowest BCUT2D eigenvalue weighted by Crippen LogP contribution is -2.21. The lowest BCUT2D eigenvalue weighted by Gasteiger charge is -2.08. The van der Waals surface area contributed by atoms with E-state index in [9.17, 15) is 35.5 Å². The first-order valence-electron chi connectivity index (χ1n) is 8.80. The Labute approximate surface area is 184 Å². The van der Waals surface area contributed by atoms with Crippen molar-refractivity contribution >= 4 is 17.7 Å². The summed E-state index contributed by atoms with van der Waals surface area (Å²) in [5, 5.41) is 15.5. The SMILES string of the molecule is NCc1ncc(C(=O)Nc2cc(-c3c(F)cccc3F)[nH]n2)c(C(F)F)n1.O=C(O)C(F)(F)F. The Hall–Kier alpha value is -4.08. The summed E-state index contributed by atoms with van der Waals surface area (Å²) in [6.07, 6.45) is -7.18. The van der Waals surface area contributed by atoms with E-state index in [1.54, 1.807) is 0 Å². The average Bonchev–Trinajstić information content (AvgIpc) is 3.20. The third-order valence-electron chi connectivity index (χ3n) is 3.80. The third-order valence-corrected chi connectivity index (χ3v) is 3.80. The van der Waals surface area contributed by atoms with Crippen molar-refractivity contribution in [1.82, 2.24) is 20.2 Å². The maximum absolute atomic E-state index is 13.8. The van der Waals surface area contributed by atoms with Crippen molar-refractivity contribution in [1.29, 1.82) is 0 Å². The fourth-order valence-electron chi connectivity index (χ4n) is 2.33. The fraction of sp³-hybridized carbons (Fsp3) is 0.167. The van der Waals surface area contributed by atoms with Crippen LogP contribution in [-0.2, 0) is 11.3 Å². The van der Waals surface area contributed by atoms with Gasteiger partial charge in [0.25, 0.3) is 12.3 Å². The molecule has 5 N–H and O–H groups in total. The van der Waals surface area contributed by atoms with Crippen LogP contribution < -0.4 is 11.1 Å². The minimum Gasteiger partial charge on any atom is -0.475 e. The highest BCUT2D eigenvalue weighted by Crippen LogP contribution is 2.26. The van der Waals surface area contributed by atoms with E-state index in [-0.39, 0.29) is 29.4 Å². The summed E-state index contributed by atoms with van der Waals surface area (Å²) in [7, 11) is 0. The number of anilines is 1. The molecule has 16 heteroatoms. The van der Waals surface area contributed by atoms with E-state index in [2.05, 4.69) is 25.5 Å². The number of benzene rings is 1. The number of amides is 1. The highest BCUT2D eigenvalue weighted by atomic mass is 19.4. The molecule has 0 spiro atoms. The molecule has 3 rings (SSSR count). The van der Waals surface area contributed by atoms with E-state index < -0.39 is 47.4 Å². The predicted molar refractivity (Wildman–Crippen MR) is 100 cm³/mol. The Kier molecular flexibility index (Phi) is 8.23. The largest absolute Gasteiger partial charge is 0.490 e. The maximum atomic E-state index is 13.8. The van der Waals surface area contributed by atoms with Crippen LogP contribution in [-0.4, -0.2) is 43.3 Å². The van der Waals surface area contributed by atoms with Gasteiger partial charge in [0.2, 0.25) is 0 Å². The zero-order chi connectivity index (χ0) is 25.6. The van der Waals surface area contributed by atoms with Crippen molar-refractivity contribution in [2.45, 2.75) is 19.1 Å². The molecule has 3 aromatic rings. The van der Waals surface area contributed by atoms with E-state index in [0.29, 0.717) is 0 Å². The second-order valence-electron chi connectivity index (χ2n) is 6.11.